The molecule has 0 radical (unpaired) electrons. The highest BCUT2D eigenvalue weighted by atomic mass is 16.4. The van der Waals surface area contributed by atoms with E-state index in [1.54, 1.807) is 0 Å². The molecule has 1 aromatic rings. The van der Waals surface area contributed by atoms with Gasteiger partial charge in [0.25, 0.3) is 0 Å². The van der Waals surface area contributed by atoms with Crippen LogP contribution in [0.15, 0.2) is 10.6 Å². The van der Waals surface area contributed by atoms with Crippen LogP contribution in [-0.2, 0) is 0 Å². The van der Waals surface area contributed by atoms with Crippen LogP contribution in [0.5, 0.6) is 0 Å². The lowest BCUT2D eigenvalue weighted by Gasteiger charge is -2.10. The molecule has 1 atom stereocenters. The van der Waals surface area contributed by atoms with Crippen molar-refractivity contribution in [2.75, 3.05) is 6.54 Å². The molecule has 1 aliphatic heterocycles. The van der Waals surface area contributed by atoms with Crippen molar-refractivity contribution >= 4 is 0 Å². The van der Waals surface area contributed by atoms with Crippen molar-refractivity contribution in [1.82, 2.24) is 10.3 Å². The molecule has 3 rings (SSSR count). The molecular formula is C14H22N2O. The van der Waals surface area contributed by atoms with Crippen molar-refractivity contribution in [2.24, 2.45) is 0 Å². The van der Waals surface area contributed by atoms with Crippen LogP contribution in [0, 0.1) is 0 Å². The third kappa shape index (κ3) is 2.54. The number of oxazole rings is 1. The second-order valence-corrected chi connectivity index (χ2v) is 5.44. The van der Waals surface area contributed by atoms with Gasteiger partial charge in [0.1, 0.15) is 5.76 Å². The Morgan fingerprint density at radius 1 is 1.06 bits per heavy atom. The third-order valence-electron chi connectivity index (χ3n) is 4.16. The minimum Gasteiger partial charge on any atom is -0.444 e. The fourth-order valence-corrected chi connectivity index (χ4v) is 3.11. The molecule has 1 aromatic heterocycles. The molecule has 0 amide bonds. The fraction of sp³-hybridized carbons (Fsp3) is 0.786. The van der Waals surface area contributed by atoms with Crippen molar-refractivity contribution in [3.63, 3.8) is 0 Å². The van der Waals surface area contributed by atoms with Gasteiger partial charge in [-0.3, -0.25) is 0 Å². The molecule has 3 nitrogen and oxygen atoms in total. The van der Waals surface area contributed by atoms with Crippen molar-refractivity contribution in [3.05, 3.63) is 17.8 Å². The molecule has 0 aromatic carbocycles. The van der Waals surface area contributed by atoms with Crippen LogP contribution in [0.1, 0.15) is 75.0 Å². The van der Waals surface area contributed by atoms with Crippen LogP contribution in [0.3, 0.4) is 0 Å². The number of rotatable bonds is 2. The Labute approximate surface area is 103 Å². The molecular weight excluding hydrogens is 212 g/mol. The van der Waals surface area contributed by atoms with E-state index in [-0.39, 0.29) is 0 Å². The Balaban J connectivity index is 1.70. The van der Waals surface area contributed by atoms with Crippen molar-refractivity contribution in [2.45, 2.75) is 63.3 Å². The second-order valence-electron chi connectivity index (χ2n) is 5.44. The van der Waals surface area contributed by atoms with E-state index in [1.165, 1.54) is 51.4 Å². The summed E-state index contributed by atoms with van der Waals surface area (Å²) in [5.41, 5.74) is 0. The summed E-state index contributed by atoms with van der Waals surface area (Å²) < 4.78 is 5.99. The molecule has 2 fully saturated rings. The lowest BCUT2D eigenvalue weighted by atomic mass is 9.98. The Hall–Kier alpha value is -0.830. The molecule has 0 bridgehead atoms. The van der Waals surface area contributed by atoms with Crippen molar-refractivity contribution in [1.29, 1.82) is 0 Å². The first-order valence-electron chi connectivity index (χ1n) is 7.12. The summed E-state index contributed by atoms with van der Waals surface area (Å²) in [6.07, 6.45) is 12.4. The summed E-state index contributed by atoms with van der Waals surface area (Å²) in [7, 11) is 0. The largest absolute Gasteiger partial charge is 0.444 e. The van der Waals surface area contributed by atoms with E-state index in [9.17, 15) is 0 Å². The first kappa shape index (κ1) is 11.3. The highest BCUT2D eigenvalue weighted by Crippen LogP contribution is 2.33. The summed E-state index contributed by atoms with van der Waals surface area (Å²) in [4.78, 5) is 4.47. The van der Waals surface area contributed by atoms with Gasteiger partial charge in [-0.15, -0.1) is 0 Å². The fourth-order valence-electron chi connectivity index (χ4n) is 3.11. The van der Waals surface area contributed by atoms with Gasteiger partial charge in [0, 0.05) is 5.92 Å². The number of nitrogens with one attached hydrogen (secondary N) is 1. The van der Waals surface area contributed by atoms with E-state index in [1.807, 2.05) is 6.20 Å². The predicted octanol–water partition coefficient (Wildman–Crippen LogP) is 3.54. The maximum Gasteiger partial charge on any atom is 0.211 e. The quantitative estimate of drug-likeness (QED) is 0.795. The Bertz CT molecular complexity index is 347. The predicted molar refractivity (Wildman–Crippen MR) is 66.9 cm³/mol. The average molecular weight is 234 g/mol. The maximum absolute atomic E-state index is 5.99. The van der Waals surface area contributed by atoms with Crippen molar-refractivity contribution < 1.29 is 4.42 Å². The molecule has 1 aliphatic carbocycles. The minimum atomic E-state index is 0.370. The van der Waals surface area contributed by atoms with Gasteiger partial charge >= 0.3 is 0 Å². The molecule has 1 saturated carbocycles. The summed E-state index contributed by atoms with van der Waals surface area (Å²) in [5.74, 6) is 2.68. The zero-order valence-corrected chi connectivity index (χ0v) is 10.5. The smallest absolute Gasteiger partial charge is 0.211 e. The van der Waals surface area contributed by atoms with Gasteiger partial charge in [-0.25, -0.2) is 4.98 Å². The van der Waals surface area contributed by atoms with Gasteiger partial charge in [0.05, 0.1) is 12.2 Å². The third-order valence-corrected chi connectivity index (χ3v) is 4.16. The number of aromatic nitrogens is 1. The number of hydrogen-bond donors (Lipinski definition) is 1. The minimum absolute atomic E-state index is 0.370. The van der Waals surface area contributed by atoms with Crippen LogP contribution in [-0.4, -0.2) is 11.5 Å². The summed E-state index contributed by atoms with van der Waals surface area (Å²) >= 11 is 0. The molecule has 94 valence electrons. The molecule has 2 heterocycles. The highest BCUT2D eigenvalue weighted by molar-refractivity contribution is 5.05. The molecule has 0 spiro atoms. The van der Waals surface area contributed by atoms with Gasteiger partial charge in [0.15, 0.2) is 0 Å². The first-order chi connectivity index (χ1) is 8.43. The normalized spacial score (nSPS) is 27.2. The van der Waals surface area contributed by atoms with E-state index in [0.717, 1.165) is 18.2 Å². The summed E-state index contributed by atoms with van der Waals surface area (Å²) in [6, 6.07) is 0.370. The van der Waals surface area contributed by atoms with Gasteiger partial charge in [-0.05, 0) is 32.2 Å². The average Bonchev–Trinajstić information content (AvgIpc) is 2.95. The molecule has 1 saturated heterocycles. The Kier molecular flexibility index (Phi) is 3.46. The Morgan fingerprint density at radius 3 is 2.59 bits per heavy atom. The van der Waals surface area contributed by atoms with Gasteiger partial charge in [-0.1, -0.05) is 25.7 Å². The lowest BCUT2D eigenvalue weighted by Crippen LogP contribution is -2.12. The highest BCUT2D eigenvalue weighted by Gasteiger charge is 2.24. The second kappa shape index (κ2) is 5.21. The van der Waals surface area contributed by atoms with E-state index in [2.05, 4.69) is 10.3 Å². The maximum atomic E-state index is 5.99. The number of hydrogen-bond acceptors (Lipinski definition) is 3. The summed E-state index contributed by atoms with van der Waals surface area (Å²) in [6.45, 7) is 1.10. The molecule has 1 N–H and O–H groups in total. The molecule has 17 heavy (non-hydrogen) atoms. The monoisotopic (exact) mass is 234 g/mol. The van der Waals surface area contributed by atoms with Gasteiger partial charge < -0.3 is 9.73 Å². The van der Waals surface area contributed by atoms with Crippen LogP contribution in [0.4, 0.5) is 0 Å². The number of nitrogens with zero attached hydrogens (tertiary/aromatic N) is 1. The van der Waals surface area contributed by atoms with E-state index < -0.39 is 0 Å². The van der Waals surface area contributed by atoms with Crippen LogP contribution >= 0.6 is 0 Å². The topological polar surface area (TPSA) is 38.1 Å². The standard InChI is InChI=1S/C14H22N2O/c1-2-4-7-11(6-3-1)13-10-16-14(17-13)12-8-5-9-15-12/h10-12,15H,1-9H2. The van der Waals surface area contributed by atoms with Crippen LogP contribution in [0.25, 0.3) is 0 Å². The lowest BCUT2D eigenvalue weighted by molar-refractivity contribution is 0.372. The van der Waals surface area contributed by atoms with E-state index >= 15 is 0 Å². The van der Waals surface area contributed by atoms with Crippen LogP contribution < -0.4 is 5.32 Å². The Morgan fingerprint density at radius 2 is 1.88 bits per heavy atom. The van der Waals surface area contributed by atoms with Gasteiger partial charge in [0.2, 0.25) is 5.89 Å². The van der Waals surface area contributed by atoms with Crippen molar-refractivity contribution in [3.8, 4) is 0 Å². The van der Waals surface area contributed by atoms with Gasteiger partial charge in [-0.2, -0.15) is 0 Å². The van der Waals surface area contributed by atoms with Crippen LogP contribution in [0.2, 0.25) is 0 Å². The molecule has 3 heteroatoms. The summed E-state index contributed by atoms with van der Waals surface area (Å²) in [5, 5.41) is 3.45. The van der Waals surface area contributed by atoms with E-state index in [4.69, 9.17) is 4.42 Å². The molecule has 2 aliphatic rings. The zero-order valence-electron chi connectivity index (χ0n) is 10.5. The SMILES string of the molecule is c1nc(C2CCCN2)oc1C1CCCCCC1. The first-order valence-corrected chi connectivity index (χ1v) is 7.12. The molecule has 1 unspecified atom stereocenters. The van der Waals surface area contributed by atoms with E-state index in [0.29, 0.717) is 12.0 Å². The zero-order chi connectivity index (χ0) is 11.5.